The molecule has 2 aromatic rings. The monoisotopic (exact) mass is 356 g/mol. The maximum atomic E-state index is 12.2. The van der Waals surface area contributed by atoms with Crippen LogP contribution in [0.5, 0.6) is 0 Å². The number of hydrogen-bond acceptors (Lipinski definition) is 5. The average Bonchev–Trinajstić information content (AvgIpc) is 2.43. The molecule has 0 atom stereocenters. The minimum Gasteiger partial charge on any atom is -0.357 e. The summed E-state index contributed by atoms with van der Waals surface area (Å²) in [5.41, 5.74) is 1.43. The van der Waals surface area contributed by atoms with Crippen molar-refractivity contribution < 1.29 is 8.42 Å². The zero-order valence-electron chi connectivity index (χ0n) is 10.9. The van der Waals surface area contributed by atoms with Crippen LogP contribution in [0.3, 0.4) is 0 Å². The molecule has 0 saturated heterocycles. The van der Waals surface area contributed by atoms with Crippen molar-refractivity contribution in [3.05, 3.63) is 40.6 Å². The largest absolute Gasteiger partial charge is 0.357 e. The van der Waals surface area contributed by atoms with Gasteiger partial charge < -0.3 is 5.32 Å². The molecule has 0 radical (unpaired) electrons. The van der Waals surface area contributed by atoms with E-state index >= 15 is 0 Å². The lowest BCUT2D eigenvalue weighted by atomic mass is 10.2. The van der Waals surface area contributed by atoms with E-state index in [2.05, 4.69) is 35.9 Å². The molecule has 2 rings (SSSR count). The van der Waals surface area contributed by atoms with Gasteiger partial charge in [-0.3, -0.25) is 4.72 Å². The van der Waals surface area contributed by atoms with Crippen molar-refractivity contribution in [3.8, 4) is 0 Å². The van der Waals surface area contributed by atoms with Crippen molar-refractivity contribution in [1.82, 2.24) is 9.97 Å². The number of nitrogens with zero attached hydrogens (tertiary/aromatic N) is 2. The van der Waals surface area contributed by atoms with Gasteiger partial charge in [-0.05, 0) is 30.7 Å². The second kappa shape index (κ2) is 5.76. The zero-order valence-corrected chi connectivity index (χ0v) is 13.3. The Morgan fingerprint density at radius 2 is 1.85 bits per heavy atom. The Morgan fingerprint density at radius 1 is 1.20 bits per heavy atom. The Bertz CT molecular complexity index is 717. The second-order valence-electron chi connectivity index (χ2n) is 4.06. The molecule has 0 fully saturated rings. The molecule has 8 heteroatoms. The van der Waals surface area contributed by atoms with Gasteiger partial charge in [0.25, 0.3) is 10.0 Å². The van der Waals surface area contributed by atoms with Crippen LogP contribution in [-0.4, -0.2) is 25.4 Å². The van der Waals surface area contributed by atoms with E-state index in [4.69, 9.17) is 0 Å². The summed E-state index contributed by atoms with van der Waals surface area (Å²) in [5.74, 6) is 0.364. The molecule has 6 nitrogen and oxygen atoms in total. The molecule has 106 valence electrons. The first-order valence-electron chi connectivity index (χ1n) is 5.71. The van der Waals surface area contributed by atoms with E-state index in [1.54, 1.807) is 25.2 Å². The van der Waals surface area contributed by atoms with E-state index in [1.165, 1.54) is 12.4 Å². The van der Waals surface area contributed by atoms with E-state index in [0.717, 1.165) is 10.0 Å². The number of hydrogen-bond donors (Lipinski definition) is 2. The summed E-state index contributed by atoms with van der Waals surface area (Å²) in [5, 5.41) is 2.73. The topological polar surface area (TPSA) is 84.0 Å². The number of aromatic nitrogens is 2. The lowest BCUT2D eigenvalue weighted by Crippen LogP contribution is -2.14. The van der Waals surface area contributed by atoms with Crippen LogP contribution < -0.4 is 10.0 Å². The predicted molar refractivity (Wildman–Crippen MR) is 81.3 cm³/mol. The summed E-state index contributed by atoms with van der Waals surface area (Å²) in [7, 11) is -2.03. The van der Waals surface area contributed by atoms with Crippen LogP contribution in [0.4, 0.5) is 11.6 Å². The van der Waals surface area contributed by atoms with Crippen molar-refractivity contribution in [1.29, 1.82) is 0 Å². The summed E-state index contributed by atoms with van der Waals surface area (Å²) >= 11 is 3.37. The van der Waals surface area contributed by atoms with Crippen LogP contribution in [0.2, 0.25) is 0 Å². The van der Waals surface area contributed by atoms with Gasteiger partial charge >= 0.3 is 0 Å². The van der Waals surface area contributed by atoms with E-state index in [9.17, 15) is 8.42 Å². The Hall–Kier alpha value is -1.67. The molecule has 1 aromatic carbocycles. The minimum absolute atomic E-state index is 0.0112. The van der Waals surface area contributed by atoms with Gasteiger partial charge in [-0.2, -0.15) is 0 Å². The highest BCUT2D eigenvalue weighted by atomic mass is 79.9. The maximum Gasteiger partial charge on any atom is 0.264 e. The third kappa shape index (κ3) is 3.26. The van der Waals surface area contributed by atoms with Gasteiger partial charge in [0.1, 0.15) is 4.90 Å². The van der Waals surface area contributed by atoms with Crippen molar-refractivity contribution in [3.63, 3.8) is 0 Å². The molecule has 0 spiro atoms. The fraction of sp³-hybridized carbons (Fsp3) is 0.167. The number of sulfonamides is 1. The lowest BCUT2D eigenvalue weighted by molar-refractivity contribution is 0.600. The van der Waals surface area contributed by atoms with Crippen molar-refractivity contribution in [2.75, 3.05) is 17.1 Å². The van der Waals surface area contributed by atoms with Crippen LogP contribution in [0.15, 0.2) is 40.0 Å². The molecular weight excluding hydrogens is 344 g/mol. The van der Waals surface area contributed by atoms with Gasteiger partial charge in [0, 0.05) is 17.2 Å². The fourth-order valence-electron chi connectivity index (χ4n) is 1.51. The van der Waals surface area contributed by atoms with Gasteiger partial charge in [0.05, 0.1) is 12.4 Å². The predicted octanol–water partition coefficient (Wildman–Crippen LogP) is 2.39. The fourth-order valence-corrected chi connectivity index (χ4v) is 2.69. The molecule has 0 amide bonds. The van der Waals surface area contributed by atoms with Crippen molar-refractivity contribution >= 4 is 37.6 Å². The zero-order chi connectivity index (χ0) is 14.8. The Morgan fingerprint density at radius 3 is 2.40 bits per heavy atom. The van der Waals surface area contributed by atoms with Gasteiger partial charge in [-0.1, -0.05) is 15.9 Å². The van der Waals surface area contributed by atoms with E-state index in [-0.39, 0.29) is 4.90 Å². The van der Waals surface area contributed by atoms with Crippen LogP contribution in [-0.2, 0) is 10.0 Å². The first kappa shape index (κ1) is 14.7. The van der Waals surface area contributed by atoms with E-state index < -0.39 is 10.0 Å². The van der Waals surface area contributed by atoms with Gasteiger partial charge in [-0.25, -0.2) is 18.4 Å². The number of halogens is 1. The van der Waals surface area contributed by atoms with Crippen LogP contribution >= 0.6 is 15.9 Å². The molecule has 0 aliphatic rings. The molecule has 0 aliphatic carbocycles. The summed E-state index contributed by atoms with van der Waals surface area (Å²) in [4.78, 5) is 7.79. The summed E-state index contributed by atoms with van der Waals surface area (Å²) in [6.07, 6.45) is 2.51. The lowest BCUT2D eigenvalue weighted by Gasteiger charge is -2.09. The van der Waals surface area contributed by atoms with Crippen molar-refractivity contribution in [2.45, 2.75) is 11.8 Å². The van der Waals surface area contributed by atoms with Crippen molar-refractivity contribution in [2.24, 2.45) is 0 Å². The van der Waals surface area contributed by atoms with Crippen LogP contribution in [0.25, 0.3) is 0 Å². The average molecular weight is 357 g/mol. The molecule has 20 heavy (non-hydrogen) atoms. The molecule has 0 unspecified atom stereocenters. The molecule has 2 N–H and O–H groups in total. The Kier molecular flexibility index (Phi) is 4.24. The SMILES string of the molecule is CNc1ncc(S(=O)(=O)Nc2ccc(Br)c(C)c2)cn1. The number of aryl methyl sites for hydroxylation is 1. The summed E-state index contributed by atoms with van der Waals surface area (Å²) in [6, 6.07) is 5.20. The summed E-state index contributed by atoms with van der Waals surface area (Å²) in [6.45, 7) is 1.88. The van der Waals surface area contributed by atoms with Crippen LogP contribution in [0.1, 0.15) is 5.56 Å². The number of benzene rings is 1. The first-order chi connectivity index (χ1) is 9.42. The molecule has 1 aromatic heterocycles. The van der Waals surface area contributed by atoms with Gasteiger partial charge in [0.2, 0.25) is 5.95 Å². The smallest absolute Gasteiger partial charge is 0.264 e. The third-order valence-corrected chi connectivity index (χ3v) is 4.80. The van der Waals surface area contributed by atoms with Gasteiger partial charge in [0.15, 0.2) is 0 Å². The highest BCUT2D eigenvalue weighted by Crippen LogP contribution is 2.22. The quantitative estimate of drug-likeness (QED) is 0.878. The molecule has 1 heterocycles. The van der Waals surface area contributed by atoms with E-state index in [1.807, 2.05) is 6.92 Å². The first-order valence-corrected chi connectivity index (χ1v) is 7.99. The number of nitrogens with one attached hydrogen (secondary N) is 2. The Labute approximate surface area is 125 Å². The summed E-state index contributed by atoms with van der Waals surface area (Å²) < 4.78 is 27.8. The third-order valence-electron chi connectivity index (χ3n) is 2.57. The molecule has 0 bridgehead atoms. The molecule has 0 saturated carbocycles. The van der Waals surface area contributed by atoms with Gasteiger partial charge in [-0.15, -0.1) is 0 Å². The molecule has 0 aliphatic heterocycles. The Balaban J connectivity index is 2.27. The molecular formula is C12H13BrN4O2S. The number of rotatable bonds is 4. The standard InChI is InChI=1S/C12H13BrN4O2S/c1-8-5-9(3-4-11(8)13)17-20(18,19)10-6-15-12(14-2)16-7-10/h3-7,17H,1-2H3,(H,14,15,16). The maximum absolute atomic E-state index is 12.2. The highest BCUT2D eigenvalue weighted by Gasteiger charge is 2.15. The number of anilines is 2. The minimum atomic E-state index is -3.69. The second-order valence-corrected chi connectivity index (χ2v) is 6.60. The highest BCUT2D eigenvalue weighted by molar-refractivity contribution is 9.10. The van der Waals surface area contributed by atoms with Crippen LogP contribution in [0, 0.1) is 6.92 Å². The normalized spacial score (nSPS) is 11.2. The van der Waals surface area contributed by atoms with E-state index in [0.29, 0.717) is 11.6 Å².